The van der Waals surface area contributed by atoms with E-state index in [2.05, 4.69) is 6.92 Å². The maximum atomic E-state index is 16.7. The molecular weight excluding hydrogens is 1090 g/mol. The highest BCUT2D eigenvalue weighted by Gasteiger charge is 2.68. The van der Waals surface area contributed by atoms with E-state index < -0.39 is 88.4 Å². The Hall–Kier alpha value is -6.91. The zero-order chi connectivity index (χ0) is 59.5. The molecule has 4 heterocycles. The predicted octanol–water partition coefficient (Wildman–Crippen LogP) is 7.02. The summed E-state index contributed by atoms with van der Waals surface area (Å²) in [7, 11) is 2.75. The summed E-state index contributed by atoms with van der Waals surface area (Å²) in [6.45, 7) is 5.09. The van der Waals surface area contributed by atoms with Crippen LogP contribution in [0.3, 0.4) is 0 Å². The van der Waals surface area contributed by atoms with Crippen molar-refractivity contribution < 1.29 is 66.7 Å². The molecule has 2 aromatic heterocycles. The highest BCUT2D eigenvalue weighted by atomic mass is 19.1. The second-order valence-corrected chi connectivity index (χ2v) is 25.4. The molecule has 6 aliphatic carbocycles. The highest BCUT2D eigenvalue weighted by Crippen LogP contribution is 2.68. The third-order valence-corrected chi connectivity index (χ3v) is 20.5. The van der Waals surface area contributed by atoms with Crippen LogP contribution in [-0.2, 0) is 23.8 Å². The standard InChI is InChI=1S/C62H74F2N6O14/c1-32-26-67(20-21-68(32)59(78)84-31-83-58(77)42-29-70(36-12-13-36)49-40(54(42)75)23-44(63)51(55(49)80-4)66-19-7-6-8-34(65)27-66)52-45(64)24-39-50(56(52)81-5)69(35-10-11-35)28-41(53(39)74)57(76)82-30-47(73)62(79)18-16-43-38-14-9-33-22-37(71)15-17-60(33,2)48(38)46(72)25-61(43,62)3/h22-24,28-29,32,34-36,38,43,46,48,72,79H,6-21,25-27,30-31,65H2,1-5H3. The van der Waals surface area contributed by atoms with Crippen LogP contribution in [0.2, 0.25) is 0 Å². The molecule has 9 atom stereocenters. The number of carbonyl (C=O) groups is 5. The molecule has 4 aromatic rings. The van der Waals surface area contributed by atoms with Crippen LogP contribution in [-0.4, -0.2) is 138 Å². The average Bonchev–Trinajstić information content (AvgIpc) is 2.13. The minimum atomic E-state index is -1.93. The van der Waals surface area contributed by atoms with Crippen molar-refractivity contribution in [3.8, 4) is 11.5 Å². The number of carbonyl (C=O) groups excluding carboxylic acids is 5. The number of nitrogens with two attached hydrogens (primary N) is 1. The van der Waals surface area contributed by atoms with Gasteiger partial charge in [-0.3, -0.25) is 19.2 Å². The lowest BCUT2D eigenvalue weighted by Crippen LogP contribution is -2.62. The smallest absolute Gasteiger partial charge is 0.413 e. The monoisotopic (exact) mass is 1160 g/mol. The van der Waals surface area contributed by atoms with Crippen LogP contribution in [0.25, 0.3) is 21.8 Å². The van der Waals surface area contributed by atoms with Crippen LogP contribution in [0.15, 0.2) is 45.8 Å². The molecule has 0 radical (unpaired) electrons. The number of hydrogen-bond donors (Lipinski definition) is 3. The summed E-state index contributed by atoms with van der Waals surface area (Å²) in [4.78, 5) is 101. The van der Waals surface area contributed by atoms with Gasteiger partial charge in [-0.15, -0.1) is 0 Å². The number of esters is 2. The fraction of sp³-hybridized carbons (Fsp3) is 0.597. The molecule has 0 spiro atoms. The Morgan fingerprint density at radius 1 is 0.738 bits per heavy atom. The lowest BCUT2D eigenvalue weighted by Gasteiger charge is -2.60. The number of anilines is 2. The van der Waals surface area contributed by atoms with E-state index in [9.17, 15) is 43.8 Å². The third kappa shape index (κ3) is 9.43. The van der Waals surface area contributed by atoms with E-state index in [1.165, 1.54) is 31.5 Å². The molecule has 20 nitrogen and oxygen atoms in total. The number of aliphatic hydroxyl groups excluding tert-OH is 1. The number of piperazine rings is 1. The van der Waals surface area contributed by atoms with Crippen LogP contribution >= 0.6 is 0 Å². The number of aromatic nitrogens is 2. The van der Waals surface area contributed by atoms with Crippen molar-refractivity contribution in [2.24, 2.45) is 34.3 Å². The summed E-state index contributed by atoms with van der Waals surface area (Å²) >= 11 is 0. The zero-order valence-corrected chi connectivity index (χ0v) is 48.2. The molecule has 2 aliphatic heterocycles. The number of amides is 1. The van der Waals surface area contributed by atoms with Crippen LogP contribution in [0.5, 0.6) is 11.5 Å². The Balaban J connectivity index is 0.713. The molecule has 9 unspecified atom stereocenters. The van der Waals surface area contributed by atoms with E-state index in [-0.39, 0.29) is 124 Å². The number of fused-ring (bicyclic) bond motifs is 7. The Labute approximate surface area is 483 Å². The summed E-state index contributed by atoms with van der Waals surface area (Å²) in [5, 5.41) is 24.0. The molecule has 7 fully saturated rings. The number of halogens is 2. The van der Waals surface area contributed by atoms with Gasteiger partial charge in [0, 0.05) is 81.1 Å². The Morgan fingerprint density at radius 2 is 1.33 bits per heavy atom. The SMILES string of the molecule is COc1c(N2CCCCC(N)C2)c(F)cc2c(=O)c(C(=O)OCOC(=O)N3CCN(c4c(F)cc5c(=O)c(C(=O)OCC(=O)C6(O)CCC7C8CCC9=CC(=O)CCC9(C)C8C(O)CC76C)cn(C6CC6)c5c4OC)CC3C)cn(C3CC3)c12. The molecule has 22 heteroatoms. The number of ether oxygens (including phenoxy) is 5. The number of benzene rings is 2. The molecule has 0 bridgehead atoms. The number of nitrogens with zero attached hydrogens (tertiary/aromatic N) is 5. The maximum absolute atomic E-state index is 16.7. The number of aliphatic hydroxyl groups is 2. The Morgan fingerprint density at radius 3 is 1.92 bits per heavy atom. The minimum Gasteiger partial charge on any atom is -0.492 e. The number of pyridine rings is 2. The molecular formula is C62H74F2N6O14. The first-order chi connectivity index (χ1) is 40.1. The van der Waals surface area contributed by atoms with Crippen molar-refractivity contribution in [1.29, 1.82) is 0 Å². The first-order valence-electron chi connectivity index (χ1n) is 29.7. The number of ketones is 2. The van der Waals surface area contributed by atoms with Crippen molar-refractivity contribution in [3.63, 3.8) is 0 Å². The molecule has 2 aromatic carbocycles. The van der Waals surface area contributed by atoms with Gasteiger partial charge in [0.05, 0.1) is 42.1 Å². The number of methoxy groups -OCH3 is 2. The molecule has 1 amide bonds. The summed E-state index contributed by atoms with van der Waals surface area (Å²) < 4.78 is 64.4. The van der Waals surface area contributed by atoms with Gasteiger partial charge in [-0.05, 0) is 125 Å². The molecule has 5 saturated carbocycles. The zero-order valence-electron chi connectivity index (χ0n) is 48.2. The van der Waals surface area contributed by atoms with Gasteiger partial charge >= 0.3 is 18.0 Å². The second kappa shape index (κ2) is 21.6. The van der Waals surface area contributed by atoms with E-state index >= 15 is 8.78 Å². The quantitative estimate of drug-likeness (QED) is 0.0898. The van der Waals surface area contributed by atoms with Gasteiger partial charge in [0.1, 0.15) is 28.1 Å². The average molecular weight is 1170 g/mol. The van der Waals surface area contributed by atoms with Gasteiger partial charge in [0.2, 0.25) is 23.4 Å². The first-order valence-corrected chi connectivity index (χ1v) is 29.7. The molecule has 12 rings (SSSR count). The predicted molar refractivity (Wildman–Crippen MR) is 304 cm³/mol. The van der Waals surface area contributed by atoms with Gasteiger partial charge in [-0.25, -0.2) is 23.2 Å². The fourth-order valence-corrected chi connectivity index (χ4v) is 16.0. The normalized spacial score (nSPS) is 29.6. The first kappa shape index (κ1) is 57.5. The van der Waals surface area contributed by atoms with Gasteiger partial charge in [0.15, 0.2) is 35.5 Å². The van der Waals surface area contributed by atoms with Crippen molar-refractivity contribution in [1.82, 2.24) is 14.0 Å². The number of allylic oxidation sites excluding steroid dienone is 1. The molecule has 4 N–H and O–H groups in total. The number of rotatable bonds is 13. The summed E-state index contributed by atoms with van der Waals surface area (Å²) in [5.74, 6) is -4.40. The van der Waals surface area contributed by atoms with Crippen LogP contribution in [0, 0.1) is 40.2 Å². The van der Waals surface area contributed by atoms with Crippen molar-refractivity contribution >= 4 is 62.8 Å². The van der Waals surface area contributed by atoms with Crippen LogP contribution in [0.1, 0.15) is 143 Å². The second-order valence-electron chi connectivity index (χ2n) is 25.4. The Kier molecular flexibility index (Phi) is 14.8. The summed E-state index contributed by atoms with van der Waals surface area (Å²) in [5.41, 5.74) is 2.45. The van der Waals surface area contributed by atoms with Gasteiger partial charge in [-0.1, -0.05) is 25.8 Å². The largest absolute Gasteiger partial charge is 0.492 e. The lowest BCUT2D eigenvalue weighted by atomic mass is 9.45. The van der Waals surface area contributed by atoms with Crippen molar-refractivity contribution in [2.75, 3.05) is 70.1 Å². The van der Waals surface area contributed by atoms with Gasteiger partial charge < -0.3 is 63.5 Å². The Bertz CT molecular complexity index is 3580. The minimum absolute atomic E-state index is 0.00469. The van der Waals surface area contributed by atoms with E-state index in [1.54, 1.807) is 27.0 Å². The van der Waals surface area contributed by atoms with Gasteiger partial charge in [-0.2, -0.15) is 0 Å². The van der Waals surface area contributed by atoms with E-state index in [0.717, 1.165) is 56.2 Å². The highest BCUT2D eigenvalue weighted by molar-refractivity contribution is 6.00. The number of hydrogen-bond acceptors (Lipinski definition) is 17. The third-order valence-electron chi connectivity index (χ3n) is 20.5. The van der Waals surface area contributed by atoms with Crippen molar-refractivity contribution in [2.45, 2.75) is 147 Å². The van der Waals surface area contributed by atoms with E-state index in [4.69, 9.17) is 29.4 Å². The van der Waals surface area contributed by atoms with Crippen molar-refractivity contribution in [3.05, 3.63) is 79.4 Å². The summed E-state index contributed by atoms with van der Waals surface area (Å²) in [6.07, 6.45) is 11.4. The lowest BCUT2D eigenvalue weighted by molar-refractivity contribution is -0.182. The maximum Gasteiger partial charge on any atom is 0.413 e. The van der Waals surface area contributed by atoms with E-state index in [1.807, 2.05) is 11.8 Å². The number of Topliss-reactive ketones (excluding diaryl/α,β-unsaturated/α-hetero) is 1. The molecule has 450 valence electrons. The van der Waals surface area contributed by atoms with E-state index in [0.29, 0.717) is 57.1 Å². The van der Waals surface area contributed by atoms with Crippen LogP contribution < -0.4 is 35.9 Å². The van der Waals surface area contributed by atoms with Crippen LogP contribution in [0.4, 0.5) is 25.0 Å². The molecule has 8 aliphatic rings. The topological polar surface area (TPSA) is 252 Å². The van der Waals surface area contributed by atoms with Gasteiger partial charge in [0.25, 0.3) is 0 Å². The summed E-state index contributed by atoms with van der Waals surface area (Å²) in [6, 6.07) is 1.10. The fourth-order valence-electron chi connectivity index (χ4n) is 16.0. The molecule has 2 saturated heterocycles. The molecule has 84 heavy (non-hydrogen) atoms.